The van der Waals surface area contributed by atoms with E-state index in [1.54, 1.807) is 51.1 Å². The third kappa shape index (κ3) is 8.96. The van der Waals surface area contributed by atoms with Crippen LogP contribution in [-0.2, 0) is 27.3 Å². The van der Waals surface area contributed by atoms with E-state index in [9.17, 15) is 14.4 Å². The van der Waals surface area contributed by atoms with Gasteiger partial charge in [0, 0.05) is 17.3 Å². The van der Waals surface area contributed by atoms with Crippen LogP contribution in [0.1, 0.15) is 31.9 Å². The zero-order valence-electron chi connectivity index (χ0n) is 17.3. The lowest BCUT2D eigenvalue weighted by Gasteiger charge is -2.19. The first-order chi connectivity index (χ1) is 14.1. The molecule has 0 aromatic heterocycles. The molecule has 0 aliphatic carbocycles. The second-order valence-corrected chi connectivity index (χ2v) is 8.12. The second-order valence-electron chi connectivity index (χ2n) is 7.68. The number of carbonyl (C=O) groups is 3. The number of anilines is 1. The van der Waals surface area contributed by atoms with Gasteiger partial charge in [-0.25, -0.2) is 4.79 Å². The largest absolute Gasteiger partial charge is 0.444 e. The highest BCUT2D eigenvalue weighted by Gasteiger charge is 2.16. The van der Waals surface area contributed by atoms with Crippen molar-refractivity contribution < 1.29 is 19.1 Å². The Balaban J connectivity index is 1.79. The normalized spacial score (nSPS) is 10.8. The van der Waals surface area contributed by atoms with Crippen LogP contribution >= 0.6 is 11.6 Å². The van der Waals surface area contributed by atoms with E-state index < -0.39 is 11.7 Å². The van der Waals surface area contributed by atoms with Crippen LogP contribution in [0.25, 0.3) is 0 Å². The van der Waals surface area contributed by atoms with Gasteiger partial charge in [-0.1, -0.05) is 35.9 Å². The summed E-state index contributed by atoms with van der Waals surface area (Å²) in [5, 5.41) is 8.57. The minimum absolute atomic E-state index is 0.117. The average molecular weight is 432 g/mol. The van der Waals surface area contributed by atoms with Crippen LogP contribution in [-0.4, -0.2) is 30.1 Å². The third-order valence-corrected chi connectivity index (χ3v) is 4.02. The molecule has 160 valence electrons. The highest BCUT2D eigenvalue weighted by molar-refractivity contribution is 6.30. The second kappa shape index (κ2) is 10.6. The van der Waals surface area contributed by atoms with Crippen molar-refractivity contribution in [1.29, 1.82) is 0 Å². The van der Waals surface area contributed by atoms with E-state index >= 15 is 0 Å². The Labute approximate surface area is 181 Å². The first-order valence-corrected chi connectivity index (χ1v) is 9.85. The number of alkyl carbamates (subject to hydrolysis) is 1. The zero-order valence-corrected chi connectivity index (χ0v) is 18.0. The molecule has 2 aromatic carbocycles. The molecule has 0 atom stereocenters. The molecule has 0 radical (unpaired) electrons. The molecule has 7 nitrogen and oxygen atoms in total. The fraction of sp³-hybridized carbons (Fsp3) is 0.318. The quantitative estimate of drug-likeness (QED) is 0.623. The number of carbonyl (C=O) groups excluding carboxylic acids is 3. The predicted molar refractivity (Wildman–Crippen MR) is 116 cm³/mol. The number of amides is 3. The molecule has 0 fully saturated rings. The van der Waals surface area contributed by atoms with Crippen molar-refractivity contribution in [3.05, 3.63) is 64.7 Å². The minimum Gasteiger partial charge on any atom is -0.444 e. The van der Waals surface area contributed by atoms with Crippen LogP contribution in [0.15, 0.2) is 48.5 Å². The lowest BCUT2D eigenvalue weighted by atomic mass is 10.1. The number of rotatable bonds is 7. The fourth-order valence-corrected chi connectivity index (χ4v) is 2.61. The summed E-state index contributed by atoms with van der Waals surface area (Å²) in [4.78, 5) is 35.7. The highest BCUT2D eigenvalue weighted by atomic mass is 35.5. The van der Waals surface area contributed by atoms with Crippen molar-refractivity contribution in [1.82, 2.24) is 10.6 Å². The first kappa shape index (κ1) is 23.2. The van der Waals surface area contributed by atoms with Crippen LogP contribution in [0.2, 0.25) is 5.02 Å². The predicted octanol–water partition coefficient (Wildman–Crippen LogP) is 3.66. The first-order valence-electron chi connectivity index (χ1n) is 9.47. The van der Waals surface area contributed by atoms with Crippen molar-refractivity contribution in [2.24, 2.45) is 0 Å². The van der Waals surface area contributed by atoms with Crippen molar-refractivity contribution >= 4 is 35.2 Å². The summed E-state index contributed by atoms with van der Waals surface area (Å²) in [6, 6.07) is 14.2. The summed E-state index contributed by atoms with van der Waals surface area (Å²) >= 11 is 5.84. The summed E-state index contributed by atoms with van der Waals surface area (Å²) < 4.78 is 5.08. The molecule has 0 aliphatic rings. The molecule has 0 bridgehead atoms. The maximum atomic E-state index is 12.1. The van der Waals surface area contributed by atoms with Crippen molar-refractivity contribution in [2.75, 3.05) is 11.9 Å². The van der Waals surface area contributed by atoms with Gasteiger partial charge in [-0.3, -0.25) is 9.59 Å². The molecule has 0 saturated heterocycles. The molecule has 2 rings (SSSR count). The van der Waals surface area contributed by atoms with E-state index in [2.05, 4.69) is 16.0 Å². The van der Waals surface area contributed by atoms with E-state index in [-0.39, 0.29) is 24.8 Å². The molecule has 8 heteroatoms. The Morgan fingerprint density at radius 1 is 0.933 bits per heavy atom. The van der Waals surface area contributed by atoms with Gasteiger partial charge in [0.15, 0.2) is 0 Å². The Bertz CT molecular complexity index is 892. The van der Waals surface area contributed by atoms with E-state index in [0.717, 1.165) is 11.1 Å². The van der Waals surface area contributed by atoms with Crippen LogP contribution in [0.3, 0.4) is 0 Å². The van der Waals surface area contributed by atoms with E-state index in [1.807, 2.05) is 18.2 Å². The van der Waals surface area contributed by atoms with Crippen molar-refractivity contribution in [2.45, 2.75) is 39.3 Å². The van der Waals surface area contributed by atoms with E-state index in [4.69, 9.17) is 16.3 Å². The topological polar surface area (TPSA) is 96.5 Å². The molecule has 3 N–H and O–H groups in total. The van der Waals surface area contributed by atoms with Crippen LogP contribution in [0, 0.1) is 0 Å². The minimum atomic E-state index is -0.658. The monoisotopic (exact) mass is 431 g/mol. The van der Waals surface area contributed by atoms with Gasteiger partial charge >= 0.3 is 6.09 Å². The van der Waals surface area contributed by atoms with Gasteiger partial charge in [0.05, 0.1) is 6.42 Å². The molecule has 0 heterocycles. The molecule has 2 aromatic rings. The molecule has 0 unspecified atom stereocenters. The summed E-state index contributed by atoms with van der Waals surface area (Å²) in [7, 11) is 0. The number of hydrogen-bond acceptors (Lipinski definition) is 4. The van der Waals surface area contributed by atoms with Gasteiger partial charge in [0.1, 0.15) is 12.1 Å². The molecule has 0 aliphatic heterocycles. The van der Waals surface area contributed by atoms with Gasteiger partial charge in [-0.15, -0.1) is 0 Å². The van der Waals surface area contributed by atoms with Crippen molar-refractivity contribution in [3.63, 3.8) is 0 Å². The third-order valence-electron chi connectivity index (χ3n) is 3.77. The SMILES string of the molecule is CC(C)(C)OC(=O)NCC(=O)Nc1cccc(CNC(=O)Cc2ccc(Cl)cc2)c1. The smallest absolute Gasteiger partial charge is 0.408 e. The standard InChI is InChI=1S/C22H26ClN3O4/c1-22(2,3)30-21(29)25-14-20(28)26-18-6-4-5-16(11-18)13-24-19(27)12-15-7-9-17(23)10-8-15/h4-11H,12-14H2,1-3H3,(H,24,27)(H,25,29)(H,26,28). The van der Waals surface area contributed by atoms with Crippen molar-refractivity contribution in [3.8, 4) is 0 Å². The van der Waals surface area contributed by atoms with E-state index in [1.165, 1.54) is 0 Å². The molecular formula is C22H26ClN3O4. The van der Waals surface area contributed by atoms with Gasteiger partial charge < -0.3 is 20.7 Å². The molecule has 3 amide bonds. The maximum absolute atomic E-state index is 12.1. The highest BCUT2D eigenvalue weighted by Crippen LogP contribution is 2.12. The Morgan fingerprint density at radius 3 is 2.30 bits per heavy atom. The number of hydrogen-bond donors (Lipinski definition) is 3. The Kier molecular flexibility index (Phi) is 8.24. The van der Waals surface area contributed by atoms with Crippen LogP contribution in [0.5, 0.6) is 0 Å². The fourth-order valence-electron chi connectivity index (χ4n) is 2.48. The average Bonchev–Trinajstić information content (AvgIpc) is 2.66. The number of halogens is 1. The molecule has 30 heavy (non-hydrogen) atoms. The van der Waals surface area contributed by atoms with E-state index in [0.29, 0.717) is 17.3 Å². The number of benzene rings is 2. The summed E-state index contributed by atoms with van der Waals surface area (Å²) in [5.74, 6) is -0.502. The molecule has 0 spiro atoms. The van der Waals surface area contributed by atoms with Crippen LogP contribution < -0.4 is 16.0 Å². The van der Waals surface area contributed by atoms with Crippen LogP contribution in [0.4, 0.5) is 10.5 Å². The van der Waals surface area contributed by atoms with Gasteiger partial charge in [0.2, 0.25) is 11.8 Å². The lowest BCUT2D eigenvalue weighted by molar-refractivity contribution is -0.120. The summed E-state index contributed by atoms with van der Waals surface area (Å²) in [6.45, 7) is 5.34. The Hall–Kier alpha value is -3.06. The number of nitrogens with one attached hydrogen (secondary N) is 3. The van der Waals surface area contributed by atoms with Gasteiger partial charge in [-0.2, -0.15) is 0 Å². The molecule has 0 saturated carbocycles. The lowest BCUT2D eigenvalue weighted by Crippen LogP contribution is -2.37. The van der Waals surface area contributed by atoms with Gasteiger partial charge in [0.25, 0.3) is 0 Å². The molecular weight excluding hydrogens is 406 g/mol. The van der Waals surface area contributed by atoms with Gasteiger partial charge in [-0.05, 0) is 56.2 Å². The zero-order chi connectivity index (χ0) is 22.1. The summed E-state index contributed by atoms with van der Waals surface area (Å²) in [6.07, 6.45) is -0.404. The number of ether oxygens (including phenoxy) is 1. The maximum Gasteiger partial charge on any atom is 0.408 e. The summed E-state index contributed by atoms with van der Waals surface area (Å²) in [5.41, 5.74) is 1.63. The Morgan fingerprint density at radius 2 is 1.63 bits per heavy atom.